The van der Waals surface area contributed by atoms with Gasteiger partial charge in [-0.25, -0.2) is 4.98 Å². The molecular formula is C15H16N4OS. The number of hydrogen-bond donors (Lipinski definition) is 2. The molecule has 108 valence electrons. The summed E-state index contributed by atoms with van der Waals surface area (Å²) in [6.07, 6.45) is 4.20. The Morgan fingerprint density at radius 3 is 3.05 bits per heavy atom. The molecule has 0 radical (unpaired) electrons. The molecule has 3 rings (SSSR count). The molecule has 0 aliphatic heterocycles. The molecule has 21 heavy (non-hydrogen) atoms. The molecule has 6 heteroatoms. The van der Waals surface area contributed by atoms with Gasteiger partial charge in [0.25, 0.3) is 0 Å². The summed E-state index contributed by atoms with van der Waals surface area (Å²) in [6, 6.07) is 8.21. The minimum Gasteiger partial charge on any atom is -0.361 e. The average molecular weight is 300 g/mol. The number of nitrogens with one attached hydrogen (secondary N) is 2. The number of aryl methyl sites for hydroxylation is 2. The number of aromatic nitrogens is 3. The van der Waals surface area contributed by atoms with E-state index in [2.05, 4.69) is 31.8 Å². The Balaban J connectivity index is 1.53. The van der Waals surface area contributed by atoms with Gasteiger partial charge in [-0.05, 0) is 31.4 Å². The molecule has 2 heterocycles. The summed E-state index contributed by atoms with van der Waals surface area (Å²) < 4.78 is 4.04. The highest BCUT2D eigenvalue weighted by molar-refractivity contribution is 7.09. The van der Waals surface area contributed by atoms with Crippen LogP contribution in [0.5, 0.6) is 0 Å². The first-order valence-corrected chi connectivity index (χ1v) is 7.65. The van der Waals surface area contributed by atoms with Crippen molar-refractivity contribution in [1.82, 2.24) is 14.3 Å². The largest absolute Gasteiger partial charge is 0.361 e. The molecule has 0 saturated heterocycles. The maximum Gasteiger partial charge on any atom is 0.226 e. The molecule has 0 aliphatic rings. The summed E-state index contributed by atoms with van der Waals surface area (Å²) in [4.78, 5) is 19.2. The van der Waals surface area contributed by atoms with Crippen LogP contribution >= 0.6 is 11.5 Å². The van der Waals surface area contributed by atoms with Crippen LogP contribution in [0.3, 0.4) is 0 Å². The highest BCUT2D eigenvalue weighted by Gasteiger charge is 2.07. The molecule has 0 bridgehead atoms. The molecule has 0 aliphatic carbocycles. The van der Waals surface area contributed by atoms with E-state index in [4.69, 9.17) is 0 Å². The average Bonchev–Trinajstić information content (AvgIpc) is 3.06. The van der Waals surface area contributed by atoms with Crippen molar-refractivity contribution < 1.29 is 4.79 Å². The van der Waals surface area contributed by atoms with Crippen molar-refractivity contribution in [2.24, 2.45) is 0 Å². The molecule has 2 N–H and O–H groups in total. The Bertz CT molecular complexity index is 762. The van der Waals surface area contributed by atoms with Crippen LogP contribution in [0.2, 0.25) is 0 Å². The molecule has 3 aromatic rings. The molecule has 0 unspecified atom stereocenters. The second kappa shape index (κ2) is 6.05. The molecular weight excluding hydrogens is 284 g/mol. The van der Waals surface area contributed by atoms with E-state index in [1.165, 1.54) is 22.5 Å². The van der Waals surface area contributed by atoms with E-state index < -0.39 is 0 Å². The zero-order chi connectivity index (χ0) is 14.7. The number of carbonyl (C=O) groups excluding carboxylic acids is 1. The van der Waals surface area contributed by atoms with Gasteiger partial charge in [-0.2, -0.15) is 4.37 Å². The van der Waals surface area contributed by atoms with Crippen LogP contribution in [0.25, 0.3) is 10.9 Å². The van der Waals surface area contributed by atoms with Gasteiger partial charge in [-0.3, -0.25) is 4.79 Å². The molecule has 0 saturated carbocycles. The van der Waals surface area contributed by atoms with Crippen molar-refractivity contribution in [2.75, 3.05) is 5.32 Å². The SMILES string of the molecule is Cc1nsc(NC(=O)CCCc2c[nH]c3ccccc23)n1. The van der Waals surface area contributed by atoms with E-state index in [-0.39, 0.29) is 5.91 Å². The van der Waals surface area contributed by atoms with Gasteiger partial charge in [-0.1, -0.05) is 18.2 Å². The Labute approximate surface area is 126 Å². The maximum atomic E-state index is 11.8. The summed E-state index contributed by atoms with van der Waals surface area (Å²) in [6.45, 7) is 1.81. The van der Waals surface area contributed by atoms with E-state index >= 15 is 0 Å². The fourth-order valence-electron chi connectivity index (χ4n) is 2.31. The van der Waals surface area contributed by atoms with Crippen molar-refractivity contribution in [1.29, 1.82) is 0 Å². The highest BCUT2D eigenvalue weighted by atomic mass is 32.1. The van der Waals surface area contributed by atoms with E-state index in [9.17, 15) is 4.79 Å². The summed E-state index contributed by atoms with van der Waals surface area (Å²) in [5.74, 6) is 0.681. The smallest absolute Gasteiger partial charge is 0.226 e. The zero-order valence-electron chi connectivity index (χ0n) is 11.7. The molecule has 2 aromatic heterocycles. The monoisotopic (exact) mass is 300 g/mol. The number of H-pyrrole nitrogens is 1. The van der Waals surface area contributed by atoms with Gasteiger partial charge < -0.3 is 10.3 Å². The van der Waals surface area contributed by atoms with Gasteiger partial charge in [-0.15, -0.1) is 0 Å². The lowest BCUT2D eigenvalue weighted by molar-refractivity contribution is -0.116. The van der Waals surface area contributed by atoms with Crippen molar-refractivity contribution >= 4 is 33.5 Å². The van der Waals surface area contributed by atoms with Crippen molar-refractivity contribution in [3.05, 3.63) is 41.9 Å². The number of para-hydroxylation sites is 1. The van der Waals surface area contributed by atoms with Crippen LogP contribution in [0.15, 0.2) is 30.5 Å². The number of aromatic amines is 1. The van der Waals surface area contributed by atoms with E-state index in [0.717, 1.165) is 18.4 Å². The van der Waals surface area contributed by atoms with E-state index in [0.29, 0.717) is 17.4 Å². The minimum atomic E-state index is -0.00834. The predicted octanol–water partition coefficient (Wildman–Crippen LogP) is 3.29. The number of fused-ring (bicyclic) bond motifs is 1. The van der Waals surface area contributed by atoms with Crippen LogP contribution in [-0.2, 0) is 11.2 Å². The van der Waals surface area contributed by atoms with Gasteiger partial charge in [0, 0.05) is 35.1 Å². The summed E-state index contributed by atoms with van der Waals surface area (Å²) in [5, 5.41) is 4.59. The molecule has 5 nitrogen and oxygen atoms in total. The lowest BCUT2D eigenvalue weighted by Gasteiger charge is -2.01. The lowest BCUT2D eigenvalue weighted by Crippen LogP contribution is -2.11. The third-order valence-corrected chi connectivity index (χ3v) is 4.02. The zero-order valence-corrected chi connectivity index (χ0v) is 12.5. The Hall–Kier alpha value is -2.21. The first-order valence-electron chi connectivity index (χ1n) is 6.87. The van der Waals surface area contributed by atoms with Gasteiger partial charge in [0.15, 0.2) is 0 Å². The quantitative estimate of drug-likeness (QED) is 0.759. The fourth-order valence-corrected chi connectivity index (χ4v) is 2.90. The van der Waals surface area contributed by atoms with Gasteiger partial charge in [0.05, 0.1) is 0 Å². The molecule has 0 fully saturated rings. The Morgan fingerprint density at radius 2 is 2.24 bits per heavy atom. The summed E-state index contributed by atoms with van der Waals surface area (Å²) in [7, 11) is 0. The van der Waals surface area contributed by atoms with Crippen molar-refractivity contribution in [3.8, 4) is 0 Å². The topological polar surface area (TPSA) is 70.7 Å². The molecule has 0 atom stereocenters. The Kier molecular flexibility index (Phi) is 3.96. The van der Waals surface area contributed by atoms with E-state index in [1.807, 2.05) is 25.3 Å². The van der Waals surface area contributed by atoms with Gasteiger partial charge in [0.1, 0.15) is 5.82 Å². The number of carbonyl (C=O) groups is 1. The summed E-state index contributed by atoms with van der Waals surface area (Å²) >= 11 is 1.21. The molecule has 1 amide bonds. The van der Waals surface area contributed by atoms with E-state index in [1.54, 1.807) is 0 Å². The number of nitrogens with zero attached hydrogens (tertiary/aromatic N) is 2. The van der Waals surface area contributed by atoms with Crippen LogP contribution in [0, 0.1) is 6.92 Å². The van der Waals surface area contributed by atoms with Gasteiger partial charge in [0.2, 0.25) is 11.0 Å². The lowest BCUT2D eigenvalue weighted by atomic mass is 10.1. The van der Waals surface area contributed by atoms with Crippen molar-refractivity contribution in [2.45, 2.75) is 26.2 Å². The summed E-state index contributed by atoms with van der Waals surface area (Å²) in [5.41, 5.74) is 2.39. The fraction of sp³-hybridized carbons (Fsp3) is 0.267. The normalized spacial score (nSPS) is 10.9. The number of anilines is 1. The van der Waals surface area contributed by atoms with Crippen LogP contribution in [0.4, 0.5) is 5.13 Å². The van der Waals surface area contributed by atoms with Crippen LogP contribution in [0.1, 0.15) is 24.2 Å². The molecule has 1 aromatic carbocycles. The number of amides is 1. The first-order chi connectivity index (χ1) is 10.2. The maximum absolute atomic E-state index is 11.8. The van der Waals surface area contributed by atoms with Crippen molar-refractivity contribution in [3.63, 3.8) is 0 Å². The third-order valence-electron chi connectivity index (χ3n) is 3.30. The standard InChI is InChI=1S/C15H16N4OS/c1-10-17-15(21-19-10)18-14(20)8-4-5-11-9-16-13-7-3-2-6-12(11)13/h2-3,6-7,9,16H,4-5,8H2,1H3,(H,17,18,19,20). The predicted molar refractivity (Wildman–Crippen MR) is 84.5 cm³/mol. The third kappa shape index (κ3) is 3.28. The second-order valence-electron chi connectivity index (χ2n) is 4.91. The minimum absolute atomic E-state index is 0.00834. The highest BCUT2D eigenvalue weighted by Crippen LogP contribution is 2.19. The van der Waals surface area contributed by atoms with Gasteiger partial charge >= 0.3 is 0 Å². The van der Waals surface area contributed by atoms with Crippen LogP contribution < -0.4 is 5.32 Å². The second-order valence-corrected chi connectivity index (χ2v) is 5.66. The number of rotatable bonds is 5. The number of hydrogen-bond acceptors (Lipinski definition) is 4. The first kappa shape index (κ1) is 13.8. The van der Waals surface area contributed by atoms with Crippen LogP contribution in [-0.4, -0.2) is 20.2 Å². The Morgan fingerprint density at radius 1 is 1.38 bits per heavy atom. The molecule has 0 spiro atoms. The number of benzene rings is 1.